The zero-order valence-corrected chi connectivity index (χ0v) is 9.76. The van der Waals surface area contributed by atoms with E-state index >= 15 is 0 Å². The Kier molecular flexibility index (Phi) is 4.74. The Labute approximate surface area is 95.7 Å². The zero-order valence-electron chi connectivity index (χ0n) is 9.76. The molecule has 0 aliphatic heterocycles. The maximum Gasteiger partial charge on any atom is 0.250 e. The molecule has 0 saturated heterocycles. The van der Waals surface area contributed by atoms with Crippen LogP contribution in [0.15, 0.2) is 29.2 Å². The third-order valence-electron chi connectivity index (χ3n) is 2.43. The lowest BCUT2D eigenvalue weighted by Crippen LogP contribution is -2.30. The number of likely N-dealkylation sites (N-methyl/N-ethyl adjacent to an activating group) is 1. The lowest BCUT2D eigenvalue weighted by Gasteiger charge is -2.18. The van der Waals surface area contributed by atoms with E-state index in [1.54, 1.807) is 22.9 Å². The van der Waals surface area contributed by atoms with Crippen molar-refractivity contribution in [2.24, 2.45) is 5.92 Å². The molecule has 0 fully saturated rings. The van der Waals surface area contributed by atoms with Gasteiger partial charge in [-0.2, -0.15) is 5.26 Å². The van der Waals surface area contributed by atoms with Crippen LogP contribution in [0.4, 0.5) is 0 Å². The molecule has 0 saturated carbocycles. The van der Waals surface area contributed by atoms with Crippen LogP contribution in [0.5, 0.6) is 0 Å². The van der Waals surface area contributed by atoms with Gasteiger partial charge in [0.1, 0.15) is 0 Å². The minimum absolute atomic E-state index is 0.0178. The van der Waals surface area contributed by atoms with Gasteiger partial charge < -0.3 is 9.47 Å². The molecule has 0 radical (unpaired) electrons. The molecule has 1 unspecified atom stereocenters. The number of pyridine rings is 1. The van der Waals surface area contributed by atoms with Gasteiger partial charge in [-0.05, 0) is 20.0 Å². The highest BCUT2D eigenvalue weighted by Crippen LogP contribution is 1.96. The van der Waals surface area contributed by atoms with E-state index in [-0.39, 0.29) is 11.5 Å². The molecule has 16 heavy (non-hydrogen) atoms. The molecule has 1 aromatic heterocycles. The van der Waals surface area contributed by atoms with E-state index in [4.69, 9.17) is 5.26 Å². The summed E-state index contributed by atoms with van der Waals surface area (Å²) in [5.41, 5.74) is 0.0178. The molecule has 86 valence electrons. The standard InChI is InChI=1S/C12H17N3O/c1-11(9-13)10-14(2)7-8-15-6-4-3-5-12(15)16/h3-6,11H,7-8,10H2,1-2H3. The van der Waals surface area contributed by atoms with E-state index in [9.17, 15) is 4.79 Å². The molecule has 4 nitrogen and oxygen atoms in total. The van der Waals surface area contributed by atoms with Crippen LogP contribution in [-0.2, 0) is 6.54 Å². The quantitative estimate of drug-likeness (QED) is 0.740. The predicted molar refractivity (Wildman–Crippen MR) is 63.0 cm³/mol. The van der Waals surface area contributed by atoms with Gasteiger partial charge in [0, 0.05) is 31.9 Å². The topological polar surface area (TPSA) is 49.0 Å². The van der Waals surface area contributed by atoms with Crippen LogP contribution in [0.25, 0.3) is 0 Å². The number of hydrogen-bond donors (Lipinski definition) is 0. The summed E-state index contributed by atoms with van der Waals surface area (Å²) in [6, 6.07) is 7.33. The highest BCUT2D eigenvalue weighted by Gasteiger charge is 2.04. The first-order valence-electron chi connectivity index (χ1n) is 5.37. The van der Waals surface area contributed by atoms with Crippen molar-refractivity contribution >= 4 is 0 Å². The Bertz CT molecular complexity index is 419. The number of aromatic nitrogens is 1. The van der Waals surface area contributed by atoms with Gasteiger partial charge in [-0.15, -0.1) is 0 Å². The fourth-order valence-corrected chi connectivity index (χ4v) is 1.52. The van der Waals surface area contributed by atoms with Gasteiger partial charge in [0.15, 0.2) is 0 Å². The van der Waals surface area contributed by atoms with Crippen LogP contribution in [0.1, 0.15) is 6.92 Å². The minimum atomic E-state index is 0.0178. The van der Waals surface area contributed by atoms with Crippen molar-refractivity contribution in [2.45, 2.75) is 13.5 Å². The number of nitrogens with zero attached hydrogens (tertiary/aromatic N) is 3. The Morgan fingerprint density at radius 1 is 1.56 bits per heavy atom. The van der Waals surface area contributed by atoms with Crippen LogP contribution in [0.2, 0.25) is 0 Å². The van der Waals surface area contributed by atoms with Gasteiger partial charge >= 0.3 is 0 Å². The van der Waals surface area contributed by atoms with Gasteiger partial charge in [0.2, 0.25) is 0 Å². The van der Waals surface area contributed by atoms with Crippen molar-refractivity contribution in [2.75, 3.05) is 20.1 Å². The van der Waals surface area contributed by atoms with E-state index in [1.807, 2.05) is 20.0 Å². The predicted octanol–water partition coefficient (Wildman–Crippen LogP) is 0.940. The second-order valence-electron chi connectivity index (χ2n) is 4.02. The Morgan fingerprint density at radius 2 is 2.31 bits per heavy atom. The zero-order chi connectivity index (χ0) is 12.0. The number of rotatable bonds is 5. The molecule has 0 aromatic carbocycles. The van der Waals surface area contributed by atoms with E-state index < -0.39 is 0 Å². The van der Waals surface area contributed by atoms with Crippen LogP contribution in [0, 0.1) is 17.2 Å². The lowest BCUT2D eigenvalue weighted by molar-refractivity contribution is 0.296. The van der Waals surface area contributed by atoms with Crippen LogP contribution in [-0.4, -0.2) is 29.6 Å². The first kappa shape index (κ1) is 12.5. The molecule has 0 amide bonds. The fourth-order valence-electron chi connectivity index (χ4n) is 1.52. The van der Waals surface area contributed by atoms with Crippen molar-refractivity contribution < 1.29 is 0 Å². The first-order chi connectivity index (χ1) is 7.63. The van der Waals surface area contributed by atoms with Crippen molar-refractivity contribution in [1.29, 1.82) is 5.26 Å². The fraction of sp³-hybridized carbons (Fsp3) is 0.500. The third-order valence-corrected chi connectivity index (χ3v) is 2.43. The summed E-state index contributed by atoms with van der Waals surface area (Å²) in [6.45, 7) is 4.06. The van der Waals surface area contributed by atoms with Crippen LogP contribution in [0.3, 0.4) is 0 Å². The van der Waals surface area contributed by atoms with Crippen molar-refractivity contribution in [1.82, 2.24) is 9.47 Å². The third kappa shape index (κ3) is 3.87. The SMILES string of the molecule is CC(C#N)CN(C)CCn1ccccc1=O. The van der Waals surface area contributed by atoms with E-state index in [2.05, 4.69) is 11.0 Å². The molecule has 1 atom stereocenters. The maximum atomic E-state index is 11.4. The summed E-state index contributed by atoms with van der Waals surface area (Å²) in [7, 11) is 1.96. The Hall–Kier alpha value is -1.60. The number of nitriles is 1. The molecule has 0 spiro atoms. The smallest absolute Gasteiger partial charge is 0.250 e. The van der Waals surface area contributed by atoms with Gasteiger partial charge in [-0.3, -0.25) is 4.79 Å². The number of hydrogen-bond acceptors (Lipinski definition) is 3. The Morgan fingerprint density at radius 3 is 2.94 bits per heavy atom. The van der Waals surface area contributed by atoms with Crippen LogP contribution >= 0.6 is 0 Å². The molecule has 0 aliphatic rings. The monoisotopic (exact) mass is 219 g/mol. The second-order valence-corrected chi connectivity index (χ2v) is 4.02. The summed E-state index contributed by atoms with van der Waals surface area (Å²) < 4.78 is 1.67. The average Bonchev–Trinajstić information content (AvgIpc) is 2.28. The van der Waals surface area contributed by atoms with Crippen LogP contribution < -0.4 is 5.56 Å². The molecule has 4 heteroatoms. The van der Waals surface area contributed by atoms with Crippen molar-refractivity contribution in [3.8, 4) is 6.07 Å². The molecule has 0 aliphatic carbocycles. The maximum absolute atomic E-state index is 11.4. The second kappa shape index (κ2) is 6.09. The van der Waals surface area contributed by atoms with Gasteiger partial charge in [-0.1, -0.05) is 6.07 Å². The molecular formula is C12H17N3O. The molecule has 1 heterocycles. The first-order valence-corrected chi connectivity index (χ1v) is 5.37. The van der Waals surface area contributed by atoms with Crippen molar-refractivity contribution in [3.63, 3.8) is 0 Å². The van der Waals surface area contributed by atoms with Gasteiger partial charge in [-0.25, -0.2) is 0 Å². The summed E-state index contributed by atoms with van der Waals surface area (Å²) in [6.07, 6.45) is 1.78. The summed E-state index contributed by atoms with van der Waals surface area (Å²) in [4.78, 5) is 13.5. The highest BCUT2D eigenvalue weighted by atomic mass is 16.1. The normalized spacial score (nSPS) is 12.4. The lowest BCUT2D eigenvalue weighted by atomic mass is 10.2. The average molecular weight is 219 g/mol. The molecule has 0 N–H and O–H groups in total. The van der Waals surface area contributed by atoms with E-state index in [0.717, 1.165) is 13.1 Å². The van der Waals surface area contributed by atoms with E-state index in [0.29, 0.717) is 6.54 Å². The Balaban J connectivity index is 2.44. The summed E-state index contributed by atoms with van der Waals surface area (Å²) >= 11 is 0. The summed E-state index contributed by atoms with van der Waals surface area (Å²) in [5, 5.41) is 8.68. The molecule has 1 rings (SSSR count). The van der Waals surface area contributed by atoms with Gasteiger partial charge in [0.25, 0.3) is 5.56 Å². The molecule has 1 aromatic rings. The molecular weight excluding hydrogens is 202 g/mol. The summed E-state index contributed by atoms with van der Waals surface area (Å²) in [5.74, 6) is 0.0255. The highest BCUT2D eigenvalue weighted by molar-refractivity contribution is 4.93. The molecule has 0 bridgehead atoms. The largest absolute Gasteiger partial charge is 0.314 e. The van der Waals surface area contributed by atoms with Gasteiger partial charge in [0.05, 0.1) is 12.0 Å². The minimum Gasteiger partial charge on any atom is -0.314 e. The van der Waals surface area contributed by atoms with Crippen molar-refractivity contribution in [3.05, 3.63) is 34.7 Å². The van der Waals surface area contributed by atoms with E-state index in [1.165, 1.54) is 0 Å².